The molecule has 0 unspecified atom stereocenters. The number of benzene rings is 1. The van der Waals surface area contributed by atoms with Gasteiger partial charge in [0.1, 0.15) is 0 Å². The van der Waals surface area contributed by atoms with Gasteiger partial charge in [0.15, 0.2) is 9.74 Å². The molecule has 1 spiro atoms. The predicted octanol–water partition coefficient (Wildman–Crippen LogP) is 3.43. The van der Waals surface area contributed by atoms with Gasteiger partial charge in [-0.15, -0.1) is 0 Å². The lowest BCUT2D eigenvalue weighted by Gasteiger charge is -2.40. The van der Waals surface area contributed by atoms with Crippen molar-refractivity contribution in [2.45, 2.75) is 36.1 Å². The average Bonchev–Trinajstić information content (AvgIpc) is 3.03. The summed E-state index contributed by atoms with van der Waals surface area (Å²) in [5.74, 6) is -0.265. The number of carbonyl (C=O) groups is 2. The van der Waals surface area contributed by atoms with Crippen LogP contribution in [0.2, 0.25) is 10.0 Å². The van der Waals surface area contributed by atoms with E-state index < -0.39 is 21.2 Å². The summed E-state index contributed by atoms with van der Waals surface area (Å²) in [6, 6.07) is 6.91. The first kappa shape index (κ1) is 17.0. The summed E-state index contributed by atoms with van der Waals surface area (Å²) in [6.45, 7) is 3.56. The fourth-order valence-corrected chi connectivity index (χ4v) is 6.58. The van der Waals surface area contributed by atoms with Crippen molar-refractivity contribution in [2.75, 3.05) is 7.05 Å². The van der Waals surface area contributed by atoms with Crippen LogP contribution >= 0.6 is 35.0 Å². The third-order valence-electron chi connectivity index (χ3n) is 5.63. The van der Waals surface area contributed by atoms with Gasteiger partial charge in [0.25, 0.3) is 11.8 Å². The number of halogens is 2. The van der Waals surface area contributed by atoms with Crippen LogP contribution in [0.3, 0.4) is 0 Å². The van der Waals surface area contributed by atoms with Crippen molar-refractivity contribution in [3.05, 3.63) is 33.8 Å². The van der Waals surface area contributed by atoms with E-state index in [-0.39, 0.29) is 18.2 Å². The van der Waals surface area contributed by atoms with Crippen molar-refractivity contribution in [1.29, 1.82) is 5.26 Å². The maximum absolute atomic E-state index is 13.2. The van der Waals surface area contributed by atoms with Crippen molar-refractivity contribution < 1.29 is 9.59 Å². The Morgan fingerprint density at radius 3 is 2.52 bits per heavy atom. The van der Waals surface area contributed by atoms with E-state index in [9.17, 15) is 14.9 Å². The van der Waals surface area contributed by atoms with Gasteiger partial charge in [0.2, 0.25) is 0 Å². The van der Waals surface area contributed by atoms with Crippen LogP contribution in [0.4, 0.5) is 0 Å². The van der Waals surface area contributed by atoms with Crippen molar-refractivity contribution in [2.24, 2.45) is 5.41 Å². The highest BCUT2D eigenvalue weighted by Crippen LogP contribution is 2.69. The average molecular weight is 396 g/mol. The predicted molar refractivity (Wildman–Crippen MR) is 95.9 cm³/mol. The van der Waals surface area contributed by atoms with Crippen LogP contribution in [0.25, 0.3) is 0 Å². The Labute approximate surface area is 159 Å². The Hall–Kier alpha value is -1.42. The molecule has 8 heteroatoms. The van der Waals surface area contributed by atoms with Crippen molar-refractivity contribution in [1.82, 2.24) is 9.80 Å². The minimum Gasteiger partial charge on any atom is -0.320 e. The van der Waals surface area contributed by atoms with E-state index >= 15 is 0 Å². The zero-order valence-electron chi connectivity index (χ0n) is 13.8. The Morgan fingerprint density at radius 2 is 1.92 bits per heavy atom. The number of likely N-dealkylation sites (N-methyl/N-ethyl adjacent to an activating group) is 1. The molecule has 5 nitrogen and oxygen atoms in total. The normalized spacial score (nSPS) is 39.1. The molecule has 0 aromatic heterocycles. The number of thioether (sulfide) groups is 1. The molecule has 0 aliphatic carbocycles. The molecule has 0 radical (unpaired) electrons. The monoisotopic (exact) mass is 395 g/mol. The van der Waals surface area contributed by atoms with Gasteiger partial charge in [0, 0.05) is 13.5 Å². The van der Waals surface area contributed by atoms with Gasteiger partial charge in [0.05, 0.1) is 27.6 Å². The number of rotatable bonds is 1. The highest BCUT2D eigenvalue weighted by atomic mass is 35.5. The lowest BCUT2D eigenvalue weighted by molar-refractivity contribution is -0.159. The van der Waals surface area contributed by atoms with Crippen molar-refractivity contribution >= 4 is 46.8 Å². The zero-order valence-corrected chi connectivity index (χ0v) is 16.2. The number of hydrogen-bond acceptors (Lipinski definition) is 4. The van der Waals surface area contributed by atoms with Crippen LogP contribution in [-0.2, 0) is 9.59 Å². The van der Waals surface area contributed by atoms with E-state index in [1.165, 1.54) is 16.7 Å². The van der Waals surface area contributed by atoms with Crippen LogP contribution in [0.1, 0.15) is 31.9 Å². The third-order valence-corrected chi connectivity index (χ3v) is 8.07. The van der Waals surface area contributed by atoms with E-state index in [0.29, 0.717) is 10.0 Å². The number of nitrogens with zero attached hydrogens (tertiary/aromatic N) is 3. The Bertz CT molecular complexity index is 887. The fourth-order valence-electron chi connectivity index (χ4n) is 4.33. The first-order chi connectivity index (χ1) is 11.6. The summed E-state index contributed by atoms with van der Waals surface area (Å²) in [5.41, 5.74) is -0.182. The number of carbonyl (C=O) groups excluding carboxylic acids is 2. The zero-order chi connectivity index (χ0) is 18.4. The number of nitriles is 1. The van der Waals surface area contributed by atoms with Gasteiger partial charge >= 0.3 is 0 Å². The first-order valence-electron chi connectivity index (χ1n) is 7.79. The molecule has 0 saturated carbocycles. The summed E-state index contributed by atoms with van der Waals surface area (Å²) in [6.07, 6.45) is 0.288. The molecular weight excluding hydrogens is 381 g/mol. The highest BCUT2D eigenvalue weighted by Gasteiger charge is 2.78. The molecule has 2 bridgehead atoms. The number of hydrogen-bond donors (Lipinski definition) is 0. The SMILES string of the molecule is CN1C(=O)[C@@]23C[C@](C)(C#N)[C@H](c4ccc(Cl)c(Cl)c4)N2C(=O)[C@]1(C)S3. The van der Waals surface area contributed by atoms with Crippen molar-refractivity contribution in [3.63, 3.8) is 0 Å². The topological polar surface area (TPSA) is 64.4 Å². The molecule has 3 heterocycles. The van der Waals surface area contributed by atoms with E-state index in [4.69, 9.17) is 23.2 Å². The molecular formula is C17H15Cl2N3O2S. The van der Waals surface area contributed by atoms with Gasteiger partial charge in [-0.1, -0.05) is 41.0 Å². The van der Waals surface area contributed by atoms with Crippen LogP contribution in [0.5, 0.6) is 0 Å². The third kappa shape index (κ3) is 1.82. The van der Waals surface area contributed by atoms with E-state index in [1.54, 1.807) is 44.0 Å². The summed E-state index contributed by atoms with van der Waals surface area (Å²) in [7, 11) is 1.65. The largest absolute Gasteiger partial charge is 0.320 e. The van der Waals surface area contributed by atoms with Crippen LogP contribution < -0.4 is 0 Å². The summed E-state index contributed by atoms with van der Waals surface area (Å²) < 4.78 is 0. The second kappa shape index (κ2) is 4.85. The molecule has 3 aliphatic rings. The smallest absolute Gasteiger partial charge is 0.261 e. The molecule has 1 aromatic carbocycles. The molecule has 130 valence electrons. The fraction of sp³-hybridized carbons (Fsp3) is 0.471. The molecule has 4 rings (SSSR count). The second-order valence-electron chi connectivity index (χ2n) is 7.19. The molecule has 0 N–H and O–H groups in total. The van der Waals surface area contributed by atoms with E-state index in [2.05, 4.69) is 6.07 Å². The Balaban J connectivity index is 1.93. The van der Waals surface area contributed by atoms with Gasteiger partial charge in [-0.3, -0.25) is 9.59 Å². The number of fused-ring (bicyclic) bond motifs is 1. The minimum absolute atomic E-state index is 0.122. The van der Waals surface area contributed by atoms with Crippen LogP contribution in [0.15, 0.2) is 18.2 Å². The quantitative estimate of drug-likeness (QED) is 0.730. The number of piperazine rings is 1. The highest BCUT2D eigenvalue weighted by molar-refractivity contribution is 8.04. The van der Waals surface area contributed by atoms with Crippen LogP contribution in [-0.4, -0.2) is 38.4 Å². The van der Waals surface area contributed by atoms with Gasteiger partial charge in [-0.25, -0.2) is 0 Å². The maximum Gasteiger partial charge on any atom is 0.261 e. The first-order valence-corrected chi connectivity index (χ1v) is 9.36. The van der Waals surface area contributed by atoms with Crippen molar-refractivity contribution in [3.8, 4) is 6.07 Å². The minimum atomic E-state index is -1.03. The van der Waals surface area contributed by atoms with E-state index in [1.807, 2.05) is 0 Å². The Kier molecular flexibility index (Phi) is 3.30. The van der Waals surface area contributed by atoms with Gasteiger partial charge in [-0.05, 0) is 31.5 Å². The molecule has 1 aromatic rings. The molecule has 3 fully saturated rings. The van der Waals surface area contributed by atoms with E-state index in [0.717, 1.165) is 5.56 Å². The summed E-state index contributed by atoms with van der Waals surface area (Å²) in [4.78, 5) is 27.3. The molecule has 25 heavy (non-hydrogen) atoms. The maximum atomic E-state index is 13.2. The summed E-state index contributed by atoms with van der Waals surface area (Å²) >= 11 is 13.5. The molecule has 3 aliphatic heterocycles. The standard InChI is InChI=1S/C17H15Cl2N3O2S/c1-15(8-20)7-17-14(24)21(3)16(2,25-17)13(23)22(17)12(15)9-4-5-10(18)11(19)6-9/h4-6,12H,7H2,1-3H3/t12-,15+,16-,17-/m0/s1. The summed E-state index contributed by atoms with van der Waals surface area (Å²) in [5, 5.41) is 10.6. The van der Waals surface area contributed by atoms with Crippen LogP contribution in [0, 0.1) is 16.7 Å². The molecule has 4 atom stereocenters. The lowest BCUT2D eigenvalue weighted by Crippen LogP contribution is -2.60. The number of amides is 2. The lowest BCUT2D eigenvalue weighted by atomic mass is 9.79. The van der Waals surface area contributed by atoms with Gasteiger partial charge < -0.3 is 9.80 Å². The Morgan fingerprint density at radius 1 is 1.24 bits per heavy atom. The molecule has 2 amide bonds. The molecule has 3 saturated heterocycles. The second-order valence-corrected chi connectivity index (χ2v) is 9.68. The van der Waals surface area contributed by atoms with Gasteiger partial charge in [-0.2, -0.15) is 5.26 Å².